The van der Waals surface area contributed by atoms with Crippen LogP contribution in [0.1, 0.15) is 25.3 Å². The average molecular weight is 299 g/mol. The normalized spacial score (nSPS) is 23.7. The van der Waals surface area contributed by atoms with E-state index < -0.39 is 0 Å². The number of hydrogen-bond donors (Lipinski definition) is 0. The lowest BCUT2D eigenvalue weighted by molar-refractivity contribution is 0.238. The highest BCUT2D eigenvalue weighted by Crippen LogP contribution is 2.28. The molecule has 2 atom stereocenters. The van der Waals surface area contributed by atoms with Gasteiger partial charge >= 0.3 is 0 Å². The Balaban J connectivity index is 2.08. The van der Waals surface area contributed by atoms with Gasteiger partial charge in [0.05, 0.1) is 0 Å². The van der Waals surface area contributed by atoms with E-state index in [1.807, 2.05) is 0 Å². The monoisotopic (exact) mass is 298 g/mol. The summed E-state index contributed by atoms with van der Waals surface area (Å²) in [6, 6.07) is 5.47. The molecular weight excluding hydrogens is 275 g/mol. The van der Waals surface area contributed by atoms with Crippen LogP contribution in [0.3, 0.4) is 0 Å². The summed E-state index contributed by atoms with van der Waals surface area (Å²) in [6.45, 7) is 4.85. The third-order valence-electron chi connectivity index (χ3n) is 4.25. The summed E-state index contributed by atoms with van der Waals surface area (Å²) in [7, 11) is 4.26. The first-order chi connectivity index (χ1) is 9.52. The molecule has 0 amide bonds. The predicted molar refractivity (Wildman–Crippen MR) is 82.6 cm³/mol. The first-order valence-corrected chi connectivity index (χ1v) is 7.72. The van der Waals surface area contributed by atoms with Gasteiger partial charge in [0.1, 0.15) is 5.82 Å². The molecule has 1 aliphatic rings. The van der Waals surface area contributed by atoms with Crippen molar-refractivity contribution in [3.8, 4) is 0 Å². The van der Waals surface area contributed by atoms with Crippen molar-refractivity contribution in [1.82, 2.24) is 9.80 Å². The van der Waals surface area contributed by atoms with Crippen molar-refractivity contribution in [1.29, 1.82) is 0 Å². The molecule has 1 aliphatic heterocycles. The van der Waals surface area contributed by atoms with E-state index in [2.05, 4.69) is 30.8 Å². The lowest BCUT2D eigenvalue weighted by Gasteiger charge is -2.24. The average Bonchev–Trinajstić information content (AvgIpc) is 2.78. The number of likely N-dealkylation sites (tertiary alicyclic amines) is 1. The van der Waals surface area contributed by atoms with Gasteiger partial charge in [-0.2, -0.15) is 0 Å². The number of hydrogen-bond acceptors (Lipinski definition) is 2. The van der Waals surface area contributed by atoms with E-state index >= 15 is 0 Å². The number of benzene rings is 1. The Bertz CT molecular complexity index is 430. The van der Waals surface area contributed by atoms with Gasteiger partial charge in [-0.25, -0.2) is 4.39 Å². The molecule has 2 rings (SSSR count). The fourth-order valence-corrected chi connectivity index (χ4v) is 3.44. The molecule has 1 aromatic rings. The highest BCUT2D eigenvalue weighted by molar-refractivity contribution is 6.31. The Labute approximate surface area is 126 Å². The van der Waals surface area contributed by atoms with Crippen LogP contribution in [0.15, 0.2) is 18.2 Å². The zero-order valence-electron chi connectivity index (χ0n) is 12.6. The van der Waals surface area contributed by atoms with Crippen molar-refractivity contribution < 1.29 is 4.39 Å². The molecule has 0 saturated carbocycles. The molecule has 0 aromatic heterocycles. The van der Waals surface area contributed by atoms with E-state index in [1.54, 1.807) is 12.1 Å². The van der Waals surface area contributed by atoms with Crippen LogP contribution < -0.4 is 0 Å². The molecule has 1 heterocycles. The molecule has 1 saturated heterocycles. The quantitative estimate of drug-likeness (QED) is 0.819. The Morgan fingerprint density at radius 1 is 1.35 bits per heavy atom. The van der Waals surface area contributed by atoms with Crippen molar-refractivity contribution in [2.45, 2.75) is 32.4 Å². The number of rotatable bonds is 5. The van der Waals surface area contributed by atoms with Gasteiger partial charge in [-0.05, 0) is 38.6 Å². The molecule has 0 spiro atoms. The van der Waals surface area contributed by atoms with Gasteiger partial charge < -0.3 is 4.90 Å². The number of halogens is 2. The third kappa shape index (κ3) is 3.51. The smallest absolute Gasteiger partial charge is 0.129 e. The van der Waals surface area contributed by atoms with Crippen LogP contribution in [0.2, 0.25) is 5.02 Å². The Morgan fingerprint density at radius 2 is 2.10 bits per heavy atom. The van der Waals surface area contributed by atoms with Crippen molar-refractivity contribution >= 4 is 11.6 Å². The minimum Gasteiger partial charge on any atom is -0.305 e. The van der Waals surface area contributed by atoms with Crippen LogP contribution in [0.4, 0.5) is 4.39 Å². The lowest BCUT2D eigenvalue weighted by atomic mass is 9.98. The molecule has 2 nitrogen and oxygen atoms in total. The summed E-state index contributed by atoms with van der Waals surface area (Å²) in [5.74, 6) is 0.471. The summed E-state index contributed by atoms with van der Waals surface area (Å²) in [4.78, 5) is 4.62. The molecule has 20 heavy (non-hydrogen) atoms. The largest absolute Gasteiger partial charge is 0.305 e. The van der Waals surface area contributed by atoms with E-state index in [-0.39, 0.29) is 5.82 Å². The van der Waals surface area contributed by atoms with Crippen molar-refractivity contribution in [3.05, 3.63) is 34.6 Å². The van der Waals surface area contributed by atoms with Gasteiger partial charge in [-0.15, -0.1) is 0 Å². The maximum atomic E-state index is 13.9. The zero-order valence-corrected chi connectivity index (χ0v) is 13.3. The summed E-state index contributed by atoms with van der Waals surface area (Å²) in [6.07, 6.45) is 2.42. The number of nitrogens with zero attached hydrogens (tertiary/aromatic N) is 2. The van der Waals surface area contributed by atoms with Crippen molar-refractivity contribution in [2.75, 3.05) is 27.2 Å². The molecule has 112 valence electrons. The zero-order chi connectivity index (χ0) is 14.7. The van der Waals surface area contributed by atoms with Gasteiger partial charge in [0.25, 0.3) is 0 Å². The molecule has 0 aliphatic carbocycles. The molecule has 4 heteroatoms. The van der Waals surface area contributed by atoms with Gasteiger partial charge in [0, 0.05) is 36.3 Å². The topological polar surface area (TPSA) is 6.48 Å². The van der Waals surface area contributed by atoms with Crippen LogP contribution >= 0.6 is 11.6 Å². The van der Waals surface area contributed by atoms with Gasteiger partial charge in [0.2, 0.25) is 0 Å². The van der Waals surface area contributed by atoms with Crippen molar-refractivity contribution in [2.24, 2.45) is 5.92 Å². The minimum atomic E-state index is -0.196. The SMILES string of the molecule is CCC[C@@H]1CN(Cc2c(F)cccc2Cl)C[C@H]1N(C)C. The van der Waals surface area contributed by atoms with Gasteiger partial charge in [0.15, 0.2) is 0 Å². The van der Waals surface area contributed by atoms with E-state index in [1.165, 1.54) is 18.9 Å². The van der Waals surface area contributed by atoms with E-state index in [0.29, 0.717) is 29.1 Å². The third-order valence-corrected chi connectivity index (χ3v) is 4.60. The molecule has 1 fully saturated rings. The van der Waals surface area contributed by atoms with Crippen LogP contribution in [0, 0.1) is 11.7 Å². The molecular formula is C16H24ClFN2. The highest BCUT2D eigenvalue weighted by atomic mass is 35.5. The highest BCUT2D eigenvalue weighted by Gasteiger charge is 2.33. The second kappa shape index (κ2) is 6.88. The molecule has 1 aromatic carbocycles. The van der Waals surface area contributed by atoms with Gasteiger partial charge in [-0.1, -0.05) is 31.0 Å². The summed E-state index contributed by atoms with van der Waals surface area (Å²) < 4.78 is 13.9. The number of likely N-dealkylation sites (N-methyl/N-ethyl adjacent to an activating group) is 1. The molecule has 0 N–H and O–H groups in total. The van der Waals surface area contributed by atoms with E-state index in [9.17, 15) is 4.39 Å². The van der Waals surface area contributed by atoms with Crippen LogP contribution in [-0.4, -0.2) is 43.0 Å². The van der Waals surface area contributed by atoms with Gasteiger partial charge in [-0.3, -0.25) is 4.90 Å². The first-order valence-electron chi connectivity index (χ1n) is 7.34. The Morgan fingerprint density at radius 3 is 2.70 bits per heavy atom. The van der Waals surface area contributed by atoms with Crippen molar-refractivity contribution in [3.63, 3.8) is 0 Å². The predicted octanol–water partition coefficient (Wildman–Crippen LogP) is 3.64. The first kappa shape index (κ1) is 15.7. The van der Waals surface area contributed by atoms with E-state index in [0.717, 1.165) is 13.1 Å². The maximum Gasteiger partial charge on any atom is 0.129 e. The fourth-order valence-electron chi connectivity index (χ4n) is 3.22. The Hall–Kier alpha value is -0.640. The standard InChI is InChI=1S/C16H24ClFN2/c1-4-6-12-9-20(11-16(12)19(2)3)10-13-14(17)7-5-8-15(13)18/h5,7-8,12,16H,4,6,9-11H2,1-3H3/t12-,16-/m1/s1. The second-order valence-electron chi connectivity index (χ2n) is 5.97. The summed E-state index contributed by atoms with van der Waals surface area (Å²) >= 11 is 6.13. The summed E-state index contributed by atoms with van der Waals surface area (Å²) in [5, 5.41) is 0.533. The fraction of sp³-hybridized carbons (Fsp3) is 0.625. The van der Waals surface area contributed by atoms with Crippen LogP contribution in [-0.2, 0) is 6.54 Å². The lowest BCUT2D eigenvalue weighted by Crippen LogP contribution is -2.35. The second-order valence-corrected chi connectivity index (χ2v) is 6.38. The Kier molecular flexibility index (Phi) is 5.42. The van der Waals surface area contributed by atoms with Crippen LogP contribution in [0.5, 0.6) is 0 Å². The minimum absolute atomic E-state index is 0.196. The molecule has 0 radical (unpaired) electrons. The molecule has 0 bridgehead atoms. The molecule has 0 unspecified atom stereocenters. The maximum absolute atomic E-state index is 13.9. The van der Waals surface area contributed by atoms with Crippen LogP contribution in [0.25, 0.3) is 0 Å². The van der Waals surface area contributed by atoms with E-state index in [4.69, 9.17) is 11.6 Å². The summed E-state index contributed by atoms with van der Waals surface area (Å²) in [5.41, 5.74) is 0.629.